The predicted molar refractivity (Wildman–Crippen MR) is 206 cm³/mol. The van der Waals surface area contributed by atoms with Crippen molar-refractivity contribution in [2.24, 2.45) is 0 Å². The molecule has 4 aromatic carbocycles. The van der Waals surface area contributed by atoms with Crippen LogP contribution in [0.2, 0.25) is 0 Å². The average molecular weight is 798 g/mol. The average Bonchev–Trinajstić information content (AvgIpc) is 3.23. The van der Waals surface area contributed by atoms with E-state index in [1.807, 2.05) is 36.4 Å². The van der Waals surface area contributed by atoms with E-state index < -0.39 is 38.7 Å². The second-order valence-corrected chi connectivity index (χ2v) is 13.7. The highest BCUT2D eigenvalue weighted by Gasteiger charge is 2.50. The van der Waals surface area contributed by atoms with Crippen LogP contribution in [-0.4, -0.2) is 91.5 Å². The number of methoxy groups -OCH3 is 7. The van der Waals surface area contributed by atoms with Crippen LogP contribution in [0.15, 0.2) is 78.9 Å². The molecule has 14 nitrogen and oxygen atoms in total. The first kappa shape index (κ1) is 42.3. The third kappa shape index (κ3) is 10.9. The third-order valence-electron chi connectivity index (χ3n) is 9.18. The van der Waals surface area contributed by atoms with Crippen molar-refractivity contribution in [1.29, 1.82) is 0 Å². The van der Waals surface area contributed by atoms with Crippen LogP contribution in [0.5, 0.6) is 46.0 Å². The highest BCUT2D eigenvalue weighted by molar-refractivity contribution is 7.37. The lowest BCUT2D eigenvalue weighted by molar-refractivity contribution is -0.304. The highest BCUT2D eigenvalue weighted by Crippen LogP contribution is 2.37. The number of rotatable bonds is 21. The van der Waals surface area contributed by atoms with Crippen LogP contribution < -0.4 is 37.9 Å². The van der Waals surface area contributed by atoms with Crippen molar-refractivity contribution < 1.29 is 66.3 Å². The van der Waals surface area contributed by atoms with Gasteiger partial charge in [0.25, 0.3) is 0 Å². The van der Waals surface area contributed by atoms with Crippen molar-refractivity contribution in [3.8, 4) is 46.0 Å². The molecule has 0 radical (unpaired) electrons. The first-order valence-electron chi connectivity index (χ1n) is 17.8. The van der Waals surface area contributed by atoms with E-state index in [4.69, 9.17) is 56.8 Å². The van der Waals surface area contributed by atoms with Crippen molar-refractivity contribution in [3.63, 3.8) is 0 Å². The minimum Gasteiger partial charge on any atom is -0.497 e. The topological polar surface area (TPSA) is 148 Å². The zero-order valence-corrected chi connectivity index (χ0v) is 33.5. The Morgan fingerprint density at radius 2 is 0.929 bits per heavy atom. The molecular formula is C41H50O14P+. The van der Waals surface area contributed by atoms with Crippen molar-refractivity contribution in [3.05, 3.63) is 95.6 Å². The summed E-state index contributed by atoms with van der Waals surface area (Å²) in [6.45, 7) is 0.315. The summed E-state index contributed by atoms with van der Waals surface area (Å²) in [6.07, 6.45) is -4.28. The largest absolute Gasteiger partial charge is 0.505 e. The Labute approximate surface area is 328 Å². The molecule has 0 aliphatic carbocycles. The molecule has 0 bridgehead atoms. The van der Waals surface area contributed by atoms with E-state index >= 15 is 0 Å². The monoisotopic (exact) mass is 797 g/mol. The highest BCUT2D eigenvalue weighted by atomic mass is 31.1. The fourth-order valence-corrected chi connectivity index (χ4v) is 6.76. The van der Waals surface area contributed by atoms with Crippen LogP contribution in [-0.2, 0) is 43.3 Å². The van der Waals surface area contributed by atoms with Crippen LogP contribution in [0.4, 0.5) is 0 Å². The van der Waals surface area contributed by atoms with Gasteiger partial charge in [0.05, 0.1) is 75.7 Å². The van der Waals surface area contributed by atoms with E-state index in [1.165, 1.54) is 0 Å². The third-order valence-corrected chi connectivity index (χ3v) is 9.82. The Kier molecular flexibility index (Phi) is 15.8. The molecule has 0 spiro atoms. The molecule has 4 aromatic rings. The maximum absolute atomic E-state index is 12.1. The minimum absolute atomic E-state index is 0.0506. The van der Waals surface area contributed by atoms with E-state index in [1.54, 1.807) is 92.2 Å². The molecular weight excluding hydrogens is 747 g/mol. The molecule has 1 N–H and O–H groups in total. The molecule has 0 amide bonds. The van der Waals surface area contributed by atoms with Crippen LogP contribution in [0.3, 0.4) is 0 Å². The molecule has 6 atom stereocenters. The van der Waals surface area contributed by atoms with Gasteiger partial charge in [-0.2, -0.15) is 4.89 Å². The lowest BCUT2D eigenvalue weighted by atomic mass is 9.96. The van der Waals surface area contributed by atoms with Gasteiger partial charge in [0, 0.05) is 6.42 Å². The van der Waals surface area contributed by atoms with Gasteiger partial charge in [0.15, 0.2) is 40.7 Å². The SMILES string of the molecule is COc1ccc(O[C@H]2O[C@H](CC[P+](=O)O)[C@@H](OCc3ccc(OC)c(OC)c3)[C@H](OCc3ccc(OC)c(OC)c3)[C@@H]2OCc2ccc(OC)c(OC)c2)cc1. The molecule has 1 unspecified atom stereocenters. The summed E-state index contributed by atoms with van der Waals surface area (Å²) in [5.74, 6) is 4.44. The Hall–Kier alpha value is -4.82. The van der Waals surface area contributed by atoms with E-state index in [-0.39, 0.29) is 32.4 Å². The molecule has 302 valence electrons. The van der Waals surface area contributed by atoms with Gasteiger partial charge in [-0.15, -0.1) is 0 Å². The predicted octanol–water partition coefficient (Wildman–Crippen LogP) is 6.73. The quantitative estimate of drug-likeness (QED) is 0.0889. The summed E-state index contributed by atoms with van der Waals surface area (Å²) in [5.41, 5.74) is 2.35. The van der Waals surface area contributed by atoms with E-state index in [0.717, 1.165) is 16.7 Å². The molecule has 1 aliphatic rings. The van der Waals surface area contributed by atoms with Crippen molar-refractivity contribution in [2.75, 3.05) is 55.9 Å². The van der Waals surface area contributed by atoms with Crippen molar-refractivity contribution in [2.45, 2.75) is 56.9 Å². The number of hydrogen-bond acceptors (Lipinski definition) is 13. The molecule has 15 heteroatoms. The fraction of sp³-hybridized carbons (Fsp3) is 0.415. The van der Waals surface area contributed by atoms with Crippen LogP contribution >= 0.6 is 8.03 Å². The first-order valence-corrected chi connectivity index (χ1v) is 19.2. The number of ether oxygens (including phenoxy) is 12. The number of hydrogen-bond donors (Lipinski definition) is 1. The van der Waals surface area contributed by atoms with Crippen LogP contribution in [0.25, 0.3) is 0 Å². The van der Waals surface area contributed by atoms with Crippen molar-refractivity contribution in [1.82, 2.24) is 0 Å². The van der Waals surface area contributed by atoms with Gasteiger partial charge in [-0.3, -0.25) is 0 Å². The molecule has 1 aliphatic heterocycles. The maximum atomic E-state index is 12.1. The zero-order valence-electron chi connectivity index (χ0n) is 32.6. The van der Waals surface area contributed by atoms with Gasteiger partial charge in [0.2, 0.25) is 6.29 Å². The lowest BCUT2D eigenvalue weighted by Crippen LogP contribution is -2.61. The van der Waals surface area contributed by atoms with Gasteiger partial charge in [-0.25, -0.2) is 0 Å². The van der Waals surface area contributed by atoms with Gasteiger partial charge < -0.3 is 56.8 Å². The van der Waals surface area contributed by atoms with Gasteiger partial charge in [-0.05, 0) is 81.9 Å². The molecule has 5 rings (SSSR count). The summed E-state index contributed by atoms with van der Waals surface area (Å²) < 4.78 is 83.8. The Morgan fingerprint density at radius 1 is 0.518 bits per heavy atom. The standard InChI is InChI=1S/C41H49O14P/c1-44-29-11-13-30(14-12-29)54-41-40(53-25-28-10-17-33(47-4)37(22-28)50-7)39(52-24-27-9-16-32(46-3)36(21-27)49-6)38(34(55-41)18-19-56(42)43)51-23-26-8-15-31(45-2)35(20-26)48-5/h8-17,20-22,34,38-41H,18-19,23-25H2,1-7H3/p+1/t34-,38-,39+,40+,41+/m1/s1. The normalized spacial score (nSPS) is 19.4. The molecule has 0 aromatic heterocycles. The zero-order chi connectivity index (χ0) is 40.0. The Balaban J connectivity index is 1.55. The Morgan fingerprint density at radius 3 is 1.34 bits per heavy atom. The van der Waals surface area contributed by atoms with E-state index in [2.05, 4.69) is 0 Å². The Bertz CT molecular complexity index is 1850. The first-order chi connectivity index (χ1) is 27.2. The molecule has 1 fully saturated rings. The fourth-order valence-electron chi connectivity index (χ4n) is 6.29. The van der Waals surface area contributed by atoms with E-state index in [0.29, 0.717) is 46.0 Å². The van der Waals surface area contributed by atoms with Crippen LogP contribution in [0.1, 0.15) is 23.1 Å². The van der Waals surface area contributed by atoms with Gasteiger partial charge >= 0.3 is 8.03 Å². The summed E-state index contributed by atoms with van der Waals surface area (Å²) in [5, 5.41) is 0. The summed E-state index contributed by atoms with van der Waals surface area (Å²) in [4.78, 5) is 9.93. The second-order valence-electron chi connectivity index (χ2n) is 12.6. The molecule has 0 saturated carbocycles. The smallest absolute Gasteiger partial charge is 0.497 e. The van der Waals surface area contributed by atoms with Gasteiger partial charge in [0.1, 0.15) is 29.8 Å². The molecule has 1 saturated heterocycles. The minimum atomic E-state index is -2.49. The summed E-state index contributed by atoms with van der Waals surface area (Å²) >= 11 is 0. The van der Waals surface area contributed by atoms with Crippen molar-refractivity contribution >= 4 is 8.03 Å². The van der Waals surface area contributed by atoms with Crippen LogP contribution in [0, 0.1) is 0 Å². The number of benzene rings is 4. The van der Waals surface area contributed by atoms with Gasteiger partial charge in [-0.1, -0.05) is 18.2 Å². The maximum Gasteiger partial charge on any atom is 0.505 e. The van der Waals surface area contributed by atoms with E-state index in [9.17, 15) is 9.46 Å². The lowest BCUT2D eigenvalue weighted by Gasteiger charge is -2.45. The summed E-state index contributed by atoms with van der Waals surface area (Å²) in [6, 6.07) is 23.5. The molecule has 56 heavy (non-hydrogen) atoms. The summed E-state index contributed by atoms with van der Waals surface area (Å²) in [7, 11) is 8.48. The molecule has 1 heterocycles. The second kappa shape index (κ2) is 20.9.